The second-order valence-corrected chi connectivity index (χ2v) is 5.49. The molecule has 106 valence electrons. The van der Waals surface area contributed by atoms with Gasteiger partial charge in [-0.3, -0.25) is 5.43 Å². The number of rotatable bonds is 5. The summed E-state index contributed by atoms with van der Waals surface area (Å²) >= 11 is 1.43. The van der Waals surface area contributed by atoms with Crippen LogP contribution in [-0.4, -0.2) is 21.1 Å². The molecule has 0 atom stereocenters. The summed E-state index contributed by atoms with van der Waals surface area (Å²) < 4.78 is 5.48. The third-order valence-corrected chi connectivity index (χ3v) is 3.17. The number of anilines is 1. The van der Waals surface area contributed by atoms with Gasteiger partial charge >= 0.3 is 6.01 Å². The maximum Gasteiger partial charge on any atom is 0.322 e. The molecule has 6 nitrogen and oxygen atoms in total. The molecule has 1 aromatic carbocycles. The Labute approximate surface area is 122 Å². The number of ether oxygens (including phenoxy) is 1. The number of nitrogen functional groups attached to an aromatic ring is 1. The number of hydrazine groups is 1. The summed E-state index contributed by atoms with van der Waals surface area (Å²) in [4.78, 5) is 13.6. The highest BCUT2D eigenvalue weighted by atomic mass is 32.2. The van der Waals surface area contributed by atoms with Gasteiger partial charge in [-0.1, -0.05) is 17.7 Å². The molecular weight excluding hydrogens is 274 g/mol. The lowest BCUT2D eigenvalue weighted by Crippen LogP contribution is -2.14. The van der Waals surface area contributed by atoms with Gasteiger partial charge in [-0.05, 0) is 44.7 Å². The first kappa shape index (κ1) is 14.5. The molecule has 2 aromatic rings. The average Bonchev–Trinajstić information content (AvgIpc) is 2.40. The Hall–Kier alpha value is -1.86. The van der Waals surface area contributed by atoms with Crippen molar-refractivity contribution in [3.8, 4) is 6.01 Å². The molecule has 2 rings (SSSR count). The number of benzene rings is 1. The molecule has 0 saturated carbocycles. The number of hydrogen-bond acceptors (Lipinski definition) is 7. The summed E-state index contributed by atoms with van der Waals surface area (Å²) in [7, 11) is 0. The molecule has 0 unspecified atom stereocenters. The molecule has 0 fully saturated rings. The van der Waals surface area contributed by atoms with E-state index >= 15 is 0 Å². The van der Waals surface area contributed by atoms with Crippen LogP contribution in [0, 0.1) is 6.92 Å². The lowest BCUT2D eigenvalue weighted by atomic mass is 10.2. The fourth-order valence-electron chi connectivity index (χ4n) is 1.42. The third kappa shape index (κ3) is 4.07. The largest absolute Gasteiger partial charge is 0.461 e. The van der Waals surface area contributed by atoms with Crippen molar-refractivity contribution < 1.29 is 4.74 Å². The average molecular weight is 291 g/mol. The number of hydrogen-bond donors (Lipinski definition) is 2. The molecule has 7 heteroatoms. The van der Waals surface area contributed by atoms with E-state index in [4.69, 9.17) is 10.6 Å². The van der Waals surface area contributed by atoms with Crippen molar-refractivity contribution >= 4 is 17.7 Å². The number of nitrogens with one attached hydrogen (secondary N) is 1. The first-order chi connectivity index (χ1) is 9.56. The minimum atomic E-state index is -0.0137. The monoisotopic (exact) mass is 291 g/mol. The van der Waals surface area contributed by atoms with Crippen LogP contribution in [0.3, 0.4) is 0 Å². The zero-order valence-corrected chi connectivity index (χ0v) is 12.4. The van der Waals surface area contributed by atoms with E-state index in [1.165, 1.54) is 17.3 Å². The van der Waals surface area contributed by atoms with E-state index in [-0.39, 0.29) is 18.1 Å². The highest BCUT2D eigenvalue weighted by Crippen LogP contribution is 2.26. The Balaban J connectivity index is 2.23. The highest BCUT2D eigenvalue weighted by Gasteiger charge is 2.09. The van der Waals surface area contributed by atoms with E-state index in [0.29, 0.717) is 5.16 Å². The molecular formula is C13H17N5OS. The van der Waals surface area contributed by atoms with Crippen LogP contribution in [0.5, 0.6) is 6.01 Å². The number of aromatic nitrogens is 3. The molecule has 0 radical (unpaired) electrons. The Morgan fingerprint density at radius 1 is 1.15 bits per heavy atom. The molecule has 3 N–H and O–H groups in total. The molecule has 0 aliphatic rings. The Morgan fingerprint density at radius 3 is 2.45 bits per heavy atom. The summed E-state index contributed by atoms with van der Waals surface area (Å²) in [6, 6.07) is 8.37. The fourth-order valence-corrected chi connectivity index (χ4v) is 2.16. The third-order valence-electron chi connectivity index (χ3n) is 2.29. The van der Waals surface area contributed by atoms with Crippen molar-refractivity contribution in [3.63, 3.8) is 0 Å². The van der Waals surface area contributed by atoms with Gasteiger partial charge < -0.3 is 4.74 Å². The van der Waals surface area contributed by atoms with Gasteiger partial charge in [-0.15, -0.1) is 0 Å². The molecule has 0 bridgehead atoms. The maximum atomic E-state index is 5.48. The molecule has 0 saturated heterocycles. The van der Waals surface area contributed by atoms with Crippen LogP contribution in [0.25, 0.3) is 0 Å². The minimum Gasteiger partial charge on any atom is -0.461 e. The number of nitrogens with zero attached hydrogens (tertiary/aromatic N) is 3. The standard InChI is InChI=1S/C13H17N5OS/c1-8(2)19-12-15-11(18-14)16-13(17-12)20-10-6-4-9(3)5-7-10/h4-8H,14H2,1-3H3,(H,15,16,17,18). The molecule has 20 heavy (non-hydrogen) atoms. The molecule has 0 spiro atoms. The highest BCUT2D eigenvalue weighted by molar-refractivity contribution is 7.99. The van der Waals surface area contributed by atoms with E-state index < -0.39 is 0 Å². The Kier molecular flexibility index (Phi) is 4.75. The SMILES string of the molecule is Cc1ccc(Sc2nc(NN)nc(OC(C)C)n2)cc1. The van der Waals surface area contributed by atoms with Gasteiger partial charge in [-0.25, -0.2) is 5.84 Å². The number of aryl methyl sites for hydroxylation is 1. The van der Waals surface area contributed by atoms with Gasteiger partial charge in [0, 0.05) is 4.90 Å². The van der Waals surface area contributed by atoms with Gasteiger partial charge in [0.2, 0.25) is 11.1 Å². The van der Waals surface area contributed by atoms with Crippen molar-refractivity contribution in [2.45, 2.75) is 36.9 Å². The van der Waals surface area contributed by atoms with E-state index in [2.05, 4.69) is 20.4 Å². The lowest BCUT2D eigenvalue weighted by Gasteiger charge is -2.09. The summed E-state index contributed by atoms with van der Waals surface area (Å²) in [6.07, 6.45) is -0.0137. The molecule has 1 aromatic heterocycles. The van der Waals surface area contributed by atoms with Crippen LogP contribution in [0.1, 0.15) is 19.4 Å². The zero-order chi connectivity index (χ0) is 14.5. The Morgan fingerprint density at radius 2 is 1.85 bits per heavy atom. The number of nitrogens with two attached hydrogens (primary N) is 1. The van der Waals surface area contributed by atoms with E-state index in [9.17, 15) is 0 Å². The summed E-state index contributed by atoms with van der Waals surface area (Å²) in [5.74, 6) is 5.65. The van der Waals surface area contributed by atoms with Crippen molar-refractivity contribution in [1.29, 1.82) is 0 Å². The predicted octanol–water partition coefficient (Wildman–Crippen LogP) is 2.40. The van der Waals surface area contributed by atoms with E-state index in [1.54, 1.807) is 0 Å². The quantitative estimate of drug-likeness (QED) is 0.646. The van der Waals surface area contributed by atoms with E-state index in [1.807, 2.05) is 45.0 Å². The molecule has 1 heterocycles. The van der Waals surface area contributed by atoms with Gasteiger partial charge in [0.15, 0.2) is 0 Å². The van der Waals surface area contributed by atoms with Gasteiger partial charge in [0.25, 0.3) is 0 Å². The first-order valence-electron chi connectivity index (χ1n) is 6.20. The van der Waals surface area contributed by atoms with Crippen molar-refractivity contribution in [2.75, 3.05) is 5.43 Å². The molecule has 0 aliphatic heterocycles. The second-order valence-electron chi connectivity index (χ2n) is 4.45. The topological polar surface area (TPSA) is 86.0 Å². The smallest absolute Gasteiger partial charge is 0.322 e. The normalized spacial score (nSPS) is 10.7. The lowest BCUT2D eigenvalue weighted by molar-refractivity contribution is 0.219. The van der Waals surface area contributed by atoms with Gasteiger partial charge in [0.1, 0.15) is 0 Å². The van der Waals surface area contributed by atoms with Crippen LogP contribution in [0.4, 0.5) is 5.95 Å². The van der Waals surface area contributed by atoms with Gasteiger partial charge in [-0.2, -0.15) is 15.0 Å². The first-order valence-corrected chi connectivity index (χ1v) is 7.02. The van der Waals surface area contributed by atoms with Crippen LogP contribution in [-0.2, 0) is 0 Å². The van der Waals surface area contributed by atoms with Crippen LogP contribution in [0.15, 0.2) is 34.3 Å². The fraction of sp³-hybridized carbons (Fsp3) is 0.308. The minimum absolute atomic E-state index is 0.0137. The Bertz CT molecular complexity index is 573. The van der Waals surface area contributed by atoms with Crippen LogP contribution < -0.4 is 16.0 Å². The van der Waals surface area contributed by atoms with Gasteiger partial charge in [0.05, 0.1) is 6.10 Å². The predicted molar refractivity (Wildman–Crippen MR) is 78.7 cm³/mol. The summed E-state index contributed by atoms with van der Waals surface area (Å²) in [6.45, 7) is 5.86. The maximum absolute atomic E-state index is 5.48. The van der Waals surface area contributed by atoms with Crippen molar-refractivity contribution in [1.82, 2.24) is 15.0 Å². The summed E-state index contributed by atoms with van der Waals surface area (Å²) in [5, 5.41) is 0.535. The van der Waals surface area contributed by atoms with Crippen LogP contribution in [0.2, 0.25) is 0 Å². The molecule has 0 aliphatic carbocycles. The van der Waals surface area contributed by atoms with Crippen LogP contribution >= 0.6 is 11.8 Å². The van der Waals surface area contributed by atoms with Crippen molar-refractivity contribution in [2.24, 2.45) is 5.84 Å². The second kappa shape index (κ2) is 6.53. The zero-order valence-electron chi connectivity index (χ0n) is 11.6. The van der Waals surface area contributed by atoms with E-state index in [0.717, 1.165) is 4.90 Å². The molecule has 0 amide bonds. The van der Waals surface area contributed by atoms with Crippen molar-refractivity contribution in [3.05, 3.63) is 29.8 Å². The summed E-state index contributed by atoms with van der Waals surface area (Å²) in [5.41, 5.74) is 3.63.